The van der Waals surface area contributed by atoms with E-state index in [0.717, 1.165) is 43.8 Å². The van der Waals surface area contributed by atoms with Crippen LogP contribution in [0, 0.1) is 0 Å². The van der Waals surface area contributed by atoms with Gasteiger partial charge in [0, 0.05) is 30.4 Å². The highest BCUT2D eigenvalue weighted by atomic mass is 32.1. The Morgan fingerprint density at radius 1 is 1.09 bits per heavy atom. The lowest BCUT2D eigenvalue weighted by Crippen LogP contribution is -1.85. The van der Waals surface area contributed by atoms with E-state index >= 15 is 0 Å². The molecule has 0 saturated carbocycles. The van der Waals surface area contributed by atoms with Crippen LogP contribution in [0.4, 0.5) is 0 Å². The van der Waals surface area contributed by atoms with Crippen molar-refractivity contribution in [3.05, 3.63) is 53.9 Å². The van der Waals surface area contributed by atoms with E-state index in [0.29, 0.717) is 16.4 Å². The molecule has 0 radical (unpaired) electrons. The third-order valence-electron chi connectivity index (χ3n) is 5.26. The number of rotatable bonds is 4. The zero-order chi connectivity index (χ0) is 21.8. The van der Waals surface area contributed by atoms with Crippen molar-refractivity contribution < 1.29 is 4.79 Å². The maximum atomic E-state index is 11.7. The lowest BCUT2D eigenvalue weighted by molar-refractivity contribution is 0.102. The fourth-order valence-corrected chi connectivity index (χ4v) is 4.59. The van der Waals surface area contributed by atoms with E-state index in [1.54, 1.807) is 30.2 Å². The summed E-state index contributed by atoms with van der Waals surface area (Å²) in [5.74, 6) is 0.671. The van der Waals surface area contributed by atoms with Crippen molar-refractivity contribution in [2.24, 2.45) is 7.05 Å². The predicted molar refractivity (Wildman–Crippen MR) is 122 cm³/mol. The van der Waals surface area contributed by atoms with Crippen LogP contribution in [0.25, 0.3) is 55.3 Å². The number of hydrogen-bond donors (Lipinski definition) is 2. The van der Waals surface area contributed by atoms with Crippen LogP contribution in [0.2, 0.25) is 0 Å². The molecule has 0 aliphatic heterocycles. The van der Waals surface area contributed by atoms with Crippen molar-refractivity contribution in [2.45, 2.75) is 6.92 Å². The van der Waals surface area contributed by atoms with Gasteiger partial charge in [-0.1, -0.05) is 0 Å². The SMILES string of the molecule is CC(=O)c1ccc(-c2nccc3[nH]c(-c4n[nH]c5cnc(-c6cnn(C)c6)cc45)nc23)s1. The largest absolute Gasteiger partial charge is 0.336 e. The van der Waals surface area contributed by atoms with Crippen LogP contribution in [-0.2, 0) is 7.05 Å². The first-order valence-corrected chi connectivity index (χ1v) is 10.7. The summed E-state index contributed by atoms with van der Waals surface area (Å²) in [6.07, 6.45) is 7.20. The number of nitrogens with zero attached hydrogens (tertiary/aromatic N) is 6. The van der Waals surface area contributed by atoms with Crippen molar-refractivity contribution in [2.75, 3.05) is 0 Å². The van der Waals surface area contributed by atoms with Gasteiger partial charge in [0.1, 0.15) is 16.9 Å². The number of aromatic amines is 2. The molecule has 0 amide bonds. The second-order valence-electron chi connectivity index (χ2n) is 7.45. The Morgan fingerprint density at radius 3 is 2.78 bits per heavy atom. The average Bonchev–Trinajstić information content (AvgIpc) is 3.56. The average molecular weight is 440 g/mol. The molecule has 9 nitrogen and oxygen atoms in total. The lowest BCUT2D eigenvalue weighted by Gasteiger charge is -1.98. The van der Waals surface area contributed by atoms with Crippen molar-refractivity contribution in [3.8, 4) is 33.3 Å². The van der Waals surface area contributed by atoms with Gasteiger partial charge < -0.3 is 4.98 Å². The second kappa shape index (κ2) is 6.92. The molecule has 0 fully saturated rings. The third-order valence-corrected chi connectivity index (χ3v) is 6.45. The molecule has 0 unspecified atom stereocenters. The van der Waals surface area contributed by atoms with E-state index in [4.69, 9.17) is 4.98 Å². The molecule has 6 rings (SSSR count). The first-order chi connectivity index (χ1) is 15.6. The Hall–Kier alpha value is -4.18. The van der Waals surface area contributed by atoms with Crippen LogP contribution in [0.15, 0.2) is 49.1 Å². The molecule has 32 heavy (non-hydrogen) atoms. The van der Waals surface area contributed by atoms with Crippen LogP contribution in [0.1, 0.15) is 16.6 Å². The number of fused-ring (bicyclic) bond motifs is 2. The molecular weight excluding hydrogens is 424 g/mol. The Labute approximate surface area is 185 Å². The van der Waals surface area contributed by atoms with Gasteiger partial charge in [-0.15, -0.1) is 11.3 Å². The second-order valence-corrected chi connectivity index (χ2v) is 8.54. The molecule has 0 saturated heterocycles. The molecule has 6 aromatic heterocycles. The number of ketones is 1. The minimum Gasteiger partial charge on any atom is -0.336 e. The number of aryl methyl sites for hydroxylation is 1. The van der Waals surface area contributed by atoms with Crippen LogP contribution in [-0.4, -0.2) is 45.7 Å². The van der Waals surface area contributed by atoms with Gasteiger partial charge in [-0.25, -0.2) is 4.98 Å². The van der Waals surface area contributed by atoms with Gasteiger partial charge in [0.2, 0.25) is 0 Å². The van der Waals surface area contributed by atoms with Gasteiger partial charge in [-0.05, 0) is 31.2 Å². The maximum absolute atomic E-state index is 11.7. The molecule has 156 valence electrons. The minimum atomic E-state index is 0.0390. The summed E-state index contributed by atoms with van der Waals surface area (Å²) in [6, 6.07) is 7.60. The quantitative estimate of drug-likeness (QED) is 0.396. The fourth-order valence-electron chi connectivity index (χ4n) is 3.69. The van der Waals surface area contributed by atoms with Gasteiger partial charge in [0.25, 0.3) is 0 Å². The Morgan fingerprint density at radius 2 is 2.00 bits per heavy atom. The number of carbonyl (C=O) groups is 1. The van der Waals surface area contributed by atoms with E-state index in [1.807, 2.05) is 37.5 Å². The number of thiophene rings is 1. The highest BCUT2D eigenvalue weighted by Gasteiger charge is 2.18. The zero-order valence-corrected chi connectivity index (χ0v) is 17.9. The highest BCUT2D eigenvalue weighted by Crippen LogP contribution is 2.34. The molecule has 10 heteroatoms. The summed E-state index contributed by atoms with van der Waals surface area (Å²) in [5, 5.41) is 12.7. The van der Waals surface area contributed by atoms with Crippen LogP contribution in [0.5, 0.6) is 0 Å². The molecule has 0 spiro atoms. The summed E-state index contributed by atoms with van der Waals surface area (Å²) in [7, 11) is 1.87. The first kappa shape index (κ1) is 18.6. The molecule has 0 atom stereocenters. The minimum absolute atomic E-state index is 0.0390. The van der Waals surface area contributed by atoms with Crippen molar-refractivity contribution >= 4 is 39.1 Å². The van der Waals surface area contributed by atoms with E-state index < -0.39 is 0 Å². The Bertz CT molecular complexity index is 1640. The van der Waals surface area contributed by atoms with Crippen molar-refractivity contribution in [1.29, 1.82) is 0 Å². The van der Waals surface area contributed by atoms with Crippen molar-refractivity contribution in [3.63, 3.8) is 0 Å². The topological polar surface area (TPSA) is 118 Å². The van der Waals surface area contributed by atoms with E-state index in [-0.39, 0.29) is 5.78 Å². The third kappa shape index (κ3) is 2.92. The molecule has 2 N–H and O–H groups in total. The summed E-state index contributed by atoms with van der Waals surface area (Å²) in [4.78, 5) is 30.5. The standard InChI is InChI=1S/C22H16N8OS/c1-11(31)17-3-4-18(32-17)21-20-14(5-6-23-21)26-22(27-20)19-13-7-15(12-8-25-30(2)10-12)24-9-16(13)28-29-19/h3-10H,1-2H3,(H,26,27)(H,28,29). The highest BCUT2D eigenvalue weighted by molar-refractivity contribution is 7.17. The van der Waals surface area contributed by atoms with Gasteiger partial charge in [-0.2, -0.15) is 10.2 Å². The number of hydrogen-bond acceptors (Lipinski definition) is 7. The van der Waals surface area contributed by atoms with Crippen LogP contribution < -0.4 is 0 Å². The maximum Gasteiger partial charge on any atom is 0.169 e. The Kier molecular flexibility index (Phi) is 4.02. The van der Waals surface area contributed by atoms with Gasteiger partial charge >= 0.3 is 0 Å². The lowest BCUT2D eigenvalue weighted by atomic mass is 10.1. The summed E-state index contributed by atoms with van der Waals surface area (Å²) in [6.45, 7) is 1.56. The number of imidazole rings is 1. The Balaban J connectivity index is 1.49. The van der Waals surface area contributed by atoms with Crippen LogP contribution in [0.3, 0.4) is 0 Å². The van der Waals surface area contributed by atoms with Crippen molar-refractivity contribution in [1.82, 2.24) is 39.9 Å². The molecule has 0 aliphatic rings. The fraction of sp³-hybridized carbons (Fsp3) is 0.0909. The first-order valence-electron chi connectivity index (χ1n) is 9.86. The van der Waals surface area contributed by atoms with Gasteiger partial charge in [-0.3, -0.25) is 24.5 Å². The number of nitrogens with one attached hydrogen (secondary N) is 2. The molecule has 0 bridgehead atoms. The number of carbonyl (C=O) groups excluding carboxylic acids is 1. The molecule has 0 aromatic carbocycles. The number of H-pyrrole nitrogens is 2. The van der Waals surface area contributed by atoms with E-state index in [2.05, 4.69) is 30.2 Å². The molecule has 6 aromatic rings. The summed E-state index contributed by atoms with van der Waals surface area (Å²) in [5.41, 5.74) is 5.57. The summed E-state index contributed by atoms with van der Waals surface area (Å²) < 4.78 is 1.74. The van der Waals surface area contributed by atoms with Gasteiger partial charge in [0.15, 0.2) is 11.6 Å². The normalized spacial score (nSPS) is 11.6. The number of pyridine rings is 2. The van der Waals surface area contributed by atoms with E-state index in [1.165, 1.54) is 11.3 Å². The number of Topliss-reactive ketones (excluding diaryl/α,β-unsaturated/α-hetero) is 1. The zero-order valence-electron chi connectivity index (χ0n) is 17.1. The molecule has 6 heterocycles. The van der Waals surface area contributed by atoms with Gasteiger partial charge in [0.05, 0.1) is 38.9 Å². The summed E-state index contributed by atoms with van der Waals surface area (Å²) >= 11 is 1.42. The smallest absolute Gasteiger partial charge is 0.169 e. The monoisotopic (exact) mass is 440 g/mol. The molecular formula is C22H16N8OS. The predicted octanol–water partition coefficient (Wildman–Crippen LogP) is 4.23. The molecule has 0 aliphatic carbocycles. The van der Waals surface area contributed by atoms with Crippen LogP contribution >= 0.6 is 11.3 Å². The number of aromatic nitrogens is 8. The van der Waals surface area contributed by atoms with E-state index in [9.17, 15) is 4.79 Å².